The maximum Gasteiger partial charge on any atom is 0.271 e. The Bertz CT molecular complexity index is 402. The fourth-order valence-electron chi connectivity index (χ4n) is 1.44. The third-order valence-electron chi connectivity index (χ3n) is 3.13. The van der Waals surface area contributed by atoms with Crippen LogP contribution in [-0.4, -0.2) is 34.8 Å². The van der Waals surface area contributed by atoms with Gasteiger partial charge >= 0.3 is 0 Å². The molecule has 0 unspecified atom stereocenters. The number of nitrogens with one attached hydrogen (secondary N) is 1. The highest BCUT2D eigenvalue weighted by Crippen LogP contribution is 2.14. The van der Waals surface area contributed by atoms with Crippen molar-refractivity contribution in [2.45, 2.75) is 39.2 Å². The molecule has 0 aliphatic carbocycles. The number of ether oxygens (including phenoxy) is 1. The molecule has 0 spiro atoms. The van der Waals surface area contributed by atoms with E-state index in [1.165, 1.54) is 0 Å². The monoisotopic (exact) mass is 266 g/mol. The van der Waals surface area contributed by atoms with E-state index in [4.69, 9.17) is 10.5 Å². The van der Waals surface area contributed by atoms with Gasteiger partial charge in [-0.2, -0.15) is 0 Å². The van der Waals surface area contributed by atoms with Gasteiger partial charge in [-0.25, -0.2) is 0 Å². The summed E-state index contributed by atoms with van der Waals surface area (Å²) in [6.45, 7) is 6.84. The van der Waals surface area contributed by atoms with Crippen LogP contribution in [-0.2, 0) is 0 Å². The summed E-state index contributed by atoms with van der Waals surface area (Å²) in [5, 5.41) is 10.3. The van der Waals surface area contributed by atoms with Gasteiger partial charge in [-0.3, -0.25) is 4.79 Å². The number of aromatic nitrogens is 2. The topological polar surface area (TPSA) is 90.1 Å². The molecule has 0 bridgehead atoms. The Morgan fingerprint density at radius 1 is 1.32 bits per heavy atom. The highest BCUT2D eigenvalue weighted by Gasteiger charge is 2.21. The second-order valence-electron chi connectivity index (χ2n) is 4.47. The fourth-order valence-corrected chi connectivity index (χ4v) is 1.44. The largest absolute Gasteiger partial charge is 0.475 e. The molecule has 0 aliphatic heterocycles. The smallest absolute Gasteiger partial charge is 0.271 e. The molecule has 1 amide bonds. The Morgan fingerprint density at radius 2 is 2.00 bits per heavy atom. The molecule has 0 fully saturated rings. The highest BCUT2D eigenvalue weighted by atomic mass is 16.5. The summed E-state index contributed by atoms with van der Waals surface area (Å²) in [7, 11) is 0. The van der Waals surface area contributed by atoms with E-state index >= 15 is 0 Å². The van der Waals surface area contributed by atoms with Crippen molar-refractivity contribution in [2.24, 2.45) is 5.73 Å². The summed E-state index contributed by atoms with van der Waals surface area (Å²) in [6, 6.07) is 3.22. The maximum absolute atomic E-state index is 11.5. The Labute approximate surface area is 113 Å². The van der Waals surface area contributed by atoms with Crippen LogP contribution in [0.25, 0.3) is 0 Å². The van der Waals surface area contributed by atoms with Crippen molar-refractivity contribution < 1.29 is 9.53 Å². The van der Waals surface area contributed by atoms with Gasteiger partial charge in [-0.15, -0.1) is 10.2 Å². The van der Waals surface area contributed by atoms with Crippen molar-refractivity contribution in [3.8, 4) is 5.88 Å². The van der Waals surface area contributed by atoms with E-state index in [1.54, 1.807) is 12.1 Å². The van der Waals surface area contributed by atoms with E-state index in [0.717, 1.165) is 12.8 Å². The van der Waals surface area contributed by atoms with Gasteiger partial charge in [-0.1, -0.05) is 13.8 Å². The molecule has 1 aromatic heterocycles. The van der Waals surface area contributed by atoms with Gasteiger partial charge in [0.2, 0.25) is 5.88 Å². The van der Waals surface area contributed by atoms with Gasteiger partial charge in [0.05, 0.1) is 0 Å². The molecule has 0 saturated heterocycles. The third-order valence-corrected chi connectivity index (χ3v) is 3.13. The van der Waals surface area contributed by atoms with Gasteiger partial charge < -0.3 is 15.8 Å². The minimum absolute atomic E-state index is 0.239. The summed E-state index contributed by atoms with van der Waals surface area (Å²) in [6.07, 6.45) is 1.65. The lowest BCUT2D eigenvalue weighted by Crippen LogP contribution is -2.44. The normalized spacial score (nSPS) is 11.2. The van der Waals surface area contributed by atoms with Crippen molar-refractivity contribution >= 4 is 5.91 Å². The Morgan fingerprint density at radius 3 is 2.47 bits per heavy atom. The number of nitrogens with two attached hydrogens (primary N) is 1. The standard InChI is InChI=1S/C13H22N4O2/c1-4-13(14,5-2)9-19-11-8-7-10(16-17-11)12(18)15-6-3/h7-8H,4-6,9,14H2,1-3H3,(H,15,18). The van der Waals surface area contributed by atoms with Gasteiger partial charge in [0, 0.05) is 18.2 Å². The van der Waals surface area contributed by atoms with E-state index in [0.29, 0.717) is 19.0 Å². The predicted molar refractivity (Wildman–Crippen MR) is 73.0 cm³/mol. The first-order chi connectivity index (χ1) is 9.04. The zero-order valence-corrected chi connectivity index (χ0v) is 11.8. The lowest BCUT2D eigenvalue weighted by Gasteiger charge is -2.25. The summed E-state index contributed by atoms with van der Waals surface area (Å²) >= 11 is 0. The lowest BCUT2D eigenvalue weighted by molar-refractivity contribution is 0.0949. The Kier molecular flexibility index (Phi) is 5.69. The summed E-state index contributed by atoms with van der Waals surface area (Å²) in [4.78, 5) is 11.5. The molecule has 0 radical (unpaired) electrons. The van der Waals surface area contributed by atoms with Crippen molar-refractivity contribution in [1.82, 2.24) is 15.5 Å². The van der Waals surface area contributed by atoms with Crippen LogP contribution >= 0.6 is 0 Å². The van der Waals surface area contributed by atoms with E-state index < -0.39 is 0 Å². The summed E-state index contributed by atoms with van der Waals surface area (Å²) < 4.78 is 5.52. The Balaban J connectivity index is 2.60. The Hall–Kier alpha value is -1.69. The average Bonchev–Trinajstić information content (AvgIpc) is 2.45. The summed E-state index contributed by atoms with van der Waals surface area (Å²) in [5.41, 5.74) is 6.05. The van der Waals surface area contributed by atoms with E-state index in [1.807, 2.05) is 20.8 Å². The van der Waals surface area contributed by atoms with Crippen LogP contribution in [0.4, 0.5) is 0 Å². The van der Waals surface area contributed by atoms with Gasteiger partial charge in [0.25, 0.3) is 5.91 Å². The third kappa shape index (κ3) is 4.48. The van der Waals surface area contributed by atoms with E-state index in [2.05, 4.69) is 15.5 Å². The number of hydrogen-bond acceptors (Lipinski definition) is 5. The zero-order valence-electron chi connectivity index (χ0n) is 11.8. The molecule has 6 nitrogen and oxygen atoms in total. The van der Waals surface area contributed by atoms with Crippen LogP contribution in [0.3, 0.4) is 0 Å². The van der Waals surface area contributed by atoms with Gasteiger partial charge in [0.15, 0.2) is 5.69 Å². The second kappa shape index (κ2) is 7.04. The van der Waals surface area contributed by atoms with E-state index in [9.17, 15) is 4.79 Å². The van der Waals surface area contributed by atoms with Crippen molar-refractivity contribution in [2.75, 3.05) is 13.2 Å². The first-order valence-corrected chi connectivity index (χ1v) is 6.58. The molecule has 6 heteroatoms. The average molecular weight is 266 g/mol. The molecule has 1 rings (SSSR count). The van der Waals surface area contributed by atoms with Crippen molar-refractivity contribution in [3.05, 3.63) is 17.8 Å². The number of amides is 1. The molecule has 19 heavy (non-hydrogen) atoms. The molecule has 0 aromatic carbocycles. The van der Waals surface area contributed by atoms with Crippen LogP contribution in [0, 0.1) is 0 Å². The second-order valence-corrected chi connectivity index (χ2v) is 4.47. The number of carbonyl (C=O) groups is 1. The zero-order chi connectivity index (χ0) is 14.3. The van der Waals surface area contributed by atoms with Crippen LogP contribution in [0.5, 0.6) is 5.88 Å². The highest BCUT2D eigenvalue weighted by molar-refractivity contribution is 5.91. The predicted octanol–water partition coefficient (Wildman–Crippen LogP) is 1.12. The first-order valence-electron chi connectivity index (χ1n) is 6.58. The van der Waals surface area contributed by atoms with Crippen molar-refractivity contribution in [1.29, 1.82) is 0 Å². The van der Waals surface area contributed by atoms with Crippen LogP contribution in [0.1, 0.15) is 44.1 Å². The minimum Gasteiger partial charge on any atom is -0.475 e. The van der Waals surface area contributed by atoms with E-state index in [-0.39, 0.29) is 17.1 Å². The number of hydrogen-bond donors (Lipinski definition) is 2. The number of rotatable bonds is 7. The molecule has 106 valence electrons. The van der Waals surface area contributed by atoms with Gasteiger partial charge in [0.1, 0.15) is 6.61 Å². The minimum atomic E-state index is -0.347. The molecule has 0 aliphatic rings. The molecule has 3 N–H and O–H groups in total. The molecular weight excluding hydrogens is 244 g/mol. The lowest BCUT2D eigenvalue weighted by atomic mass is 9.96. The molecule has 1 heterocycles. The maximum atomic E-state index is 11.5. The SMILES string of the molecule is CCNC(=O)c1ccc(OCC(N)(CC)CC)nn1. The quantitative estimate of drug-likeness (QED) is 0.772. The summed E-state index contributed by atoms with van der Waals surface area (Å²) in [5.74, 6) is 0.140. The van der Waals surface area contributed by atoms with Crippen LogP contribution in [0.2, 0.25) is 0 Å². The number of nitrogens with zero attached hydrogens (tertiary/aromatic N) is 2. The molecular formula is C13H22N4O2. The molecule has 0 saturated carbocycles. The molecule has 1 aromatic rings. The van der Waals surface area contributed by atoms with Crippen LogP contribution < -0.4 is 15.8 Å². The number of carbonyl (C=O) groups excluding carboxylic acids is 1. The molecule has 0 atom stereocenters. The first kappa shape index (κ1) is 15.4. The van der Waals surface area contributed by atoms with Gasteiger partial charge in [-0.05, 0) is 25.8 Å². The van der Waals surface area contributed by atoms with Crippen molar-refractivity contribution in [3.63, 3.8) is 0 Å². The fraction of sp³-hybridized carbons (Fsp3) is 0.615. The van der Waals surface area contributed by atoms with Crippen LogP contribution in [0.15, 0.2) is 12.1 Å².